The van der Waals surface area contributed by atoms with E-state index in [4.69, 9.17) is 23.7 Å². The fourth-order valence-corrected chi connectivity index (χ4v) is 6.01. The van der Waals surface area contributed by atoms with E-state index in [1.54, 1.807) is 18.7 Å². The first-order valence-electron chi connectivity index (χ1n) is 15.2. The lowest BCUT2D eigenvalue weighted by Crippen LogP contribution is -2.53. The first-order valence-corrected chi connectivity index (χ1v) is 15.2. The number of amides is 2. The van der Waals surface area contributed by atoms with E-state index in [1.807, 2.05) is 20.8 Å². The van der Waals surface area contributed by atoms with Gasteiger partial charge in [0.05, 0.1) is 49.2 Å². The molecule has 10 nitrogen and oxygen atoms in total. The summed E-state index contributed by atoms with van der Waals surface area (Å²) in [5, 5.41) is 13.5. The summed E-state index contributed by atoms with van der Waals surface area (Å²) in [6.45, 7) is 11.1. The molecule has 8 atom stereocenters. The van der Waals surface area contributed by atoms with Gasteiger partial charge in [-0.25, -0.2) is 4.79 Å². The van der Waals surface area contributed by atoms with E-state index in [0.717, 1.165) is 12.2 Å². The third kappa shape index (κ3) is 9.06. The number of alkyl halides is 3. The maximum Gasteiger partial charge on any atom is 0.416 e. The average Bonchev–Trinajstić information content (AvgIpc) is 3.71. The molecule has 0 saturated carbocycles. The van der Waals surface area contributed by atoms with Crippen molar-refractivity contribution in [3.8, 4) is 0 Å². The van der Waals surface area contributed by atoms with Gasteiger partial charge in [0.15, 0.2) is 0 Å². The van der Waals surface area contributed by atoms with Gasteiger partial charge in [0.2, 0.25) is 5.91 Å². The number of epoxide rings is 1. The van der Waals surface area contributed by atoms with Gasteiger partial charge in [-0.15, -0.1) is 0 Å². The molecule has 0 aromatic carbocycles. The van der Waals surface area contributed by atoms with Crippen LogP contribution in [-0.2, 0) is 28.5 Å². The number of hydrogen-bond acceptors (Lipinski definition) is 8. The maximum atomic E-state index is 13.9. The quantitative estimate of drug-likeness (QED) is 0.236. The number of aliphatic hydroxyl groups excluding tert-OH is 1. The molecule has 0 aromatic rings. The Balaban J connectivity index is 1.29. The number of ether oxygens (including phenoxy) is 5. The van der Waals surface area contributed by atoms with Crippen LogP contribution in [0.1, 0.15) is 53.9 Å². The van der Waals surface area contributed by atoms with E-state index in [9.17, 15) is 27.9 Å². The Kier molecular flexibility index (Phi) is 10.9. The zero-order chi connectivity index (χ0) is 32.3. The van der Waals surface area contributed by atoms with Crippen molar-refractivity contribution >= 4 is 12.0 Å². The molecule has 4 heterocycles. The predicted molar refractivity (Wildman–Crippen MR) is 154 cm³/mol. The van der Waals surface area contributed by atoms with Crippen molar-refractivity contribution in [1.82, 2.24) is 10.2 Å². The van der Waals surface area contributed by atoms with Crippen molar-refractivity contribution in [3.63, 3.8) is 0 Å². The SMILES string of the molecule is C[C@@H](/C=C\C(=O)N[C@@H]1C[C@H](C)[C@H](C/C=C(/C=C/[C@H]2OC(C)(C)C[C@@]3(CO3)[C@@H]2O)C(F)(F)F)O[C@@H]1C)OC(=O)N1CCOCC1. The Bertz CT molecular complexity index is 1110. The normalized spacial score (nSPS) is 35.2. The highest BCUT2D eigenvalue weighted by atomic mass is 19.4. The zero-order valence-electron chi connectivity index (χ0n) is 26.0. The molecule has 4 aliphatic heterocycles. The topological polar surface area (TPSA) is 119 Å². The lowest BCUT2D eigenvalue weighted by atomic mass is 9.83. The smallest absolute Gasteiger partial charge is 0.416 e. The van der Waals surface area contributed by atoms with Crippen LogP contribution in [0, 0.1) is 5.92 Å². The molecule has 0 radical (unpaired) electrons. The van der Waals surface area contributed by atoms with Crippen LogP contribution in [0.15, 0.2) is 36.0 Å². The molecule has 4 rings (SSSR count). The minimum Gasteiger partial charge on any atom is -0.442 e. The Morgan fingerprint density at radius 2 is 1.86 bits per heavy atom. The van der Waals surface area contributed by atoms with Crippen LogP contribution >= 0.6 is 0 Å². The Morgan fingerprint density at radius 3 is 2.50 bits per heavy atom. The molecule has 4 fully saturated rings. The molecule has 0 bridgehead atoms. The van der Waals surface area contributed by atoms with Gasteiger partial charge in [-0.05, 0) is 52.5 Å². The Labute approximate surface area is 256 Å². The lowest BCUT2D eigenvalue weighted by molar-refractivity contribution is -0.171. The fraction of sp³-hybridized carbons (Fsp3) is 0.742. The van der Waals surface area contributed by atoms with Gasteiger partial charge in [-0.3, -0.25) is 4.79 Å². The third-order valence-corrected chi connectivity index (χ3v) is 8.53. The second-order valence-corrected chi connectivity index (χ2v) is 12.8. The summed E-state index contributed by atoms with van der Waals surface area (Å²) in [5.74, 6) is -0.525. The number of carbonyl (C=O) groups is 2. The van der Waals surface area contributed by atoms with E-state index in [0.29, 0.717) is 45.8 Å². The summed E-state index contributed by atoms with van der Waals surface area (Å²) in [5.41, 5.74) is -2.27. The number of carbonyl (C=O) groups excluding carboxylic acids is 2. The summed E-state index contributed by atoms with van der Waals surface area (Å²) >= 11 is 0. The predicted octanol–water partition coefficient (Wildman–Crippen LogP) is 3.83. The minimum atomic E-state index is -4.61. The molecule has 0 unspecified atom stereocenters. The van der Waals surface area contributed by atoms with Crippen LogP contribution in [0.2, 0.25) is 0 Å². The van der Waals surface area contributed by atoms with Crippen molar-refractivity contribution in [1.29, 1.82) is 0 Å². The zero-order valence-corrected chi connectivity index (χ0v) is 26.0. The fourth-order valence-electron chi connectivity index (χ4n) is 6.01. The number of aliphatic hydroxyl groups is 1. The van der Waals surface area contributed by atoms with Crippen LogP contribution in [0.3, 0.4) is 0 Å². The van der Waals surface area contributed by atoms with E-state index in [-0.39, 0.29) is 24.3 Å². The van der Waals surface area contributed by atoms with Crippen LogP contribution < -0.4 is 5.32 Å². The molecule has 0 aromatic heterocycles. The highest BCUT2D eigenvalue weighted by Crippen LogP contribution is 2.46. The number of morpholine rings is 1. The van der Waals surface area contributed by atoms with Crippen LogP contribution in [0.25, 0.3) is 0 Å². The lowest BCUT2D eigenvalue weighted by Gasteiger charge is -2.41. The van der Waals surface area contributed by atoms with E-state index in [1.165, 1.54) is 18.2 Å². The van der Waals surface area contributed by atoms with Crippen LogP contribution in [0.5, 0.6) is 0 Å². The van der Waals surface area contributed by atoms with Gasteiger partial charge in [-0.1, -0.05) is 25.2 Å². The van der Waals surface area contributed by atoms with Crippen LogP contribution in [-0.4, -0.2) is 109 Å². The van der Waals surface area contributed by atoms with Crippen LogP contribution in [0.4, 0.5) is 18.0 Å². The number of rotatable bonds is 8. The first-order chi connectivity index (χ1) is 20.6. The number of hydrogen-bond donors (Lipinski definition) is 2. The summed E-state index contributed by atoms with van der Waals surface area (Å²) in [7, 11) is 0. The van der Waals surface area contributed by atoms with E-state index in [2.05, 4.69) is 5.32 Å². The highest BCUT2D eigenvalue weighted by Gasteiger charge is 2.60. The van der Waals surface area contributed by atoms with Crippen molar-refractivity contribution in [2.45, 2.75) is 108 Å². The van der Waals surface area contributed by atoms with E-state index < -0.39 is 59.6 Å². The molecule has 2 N–H and O–H groups in total. The molecule has 1 spiro atoms. The molecule has 2 amide bonds. The molecular formula is C31H45F3N2O8. The summed E-state index contributed by atoms with van der Waals surface area (Å²) in [6.07, 6.45) is -1.52. The molecule has 44 heavy (non-hydrogen) atoms. The standard InChI is InChI=1S/C31H45F3N2O8/c1-19-16-23(35-26(37)11-6-20(2)42-28(39)36-12-14-40-15-13-36)21(3)43-24(19)9-7-22(31(32,33)34)8-10-25-27(38)30(18-41-30)17-29(4,5)44-25/h6-8,10-11,19-21,23-25,27,38H,9,12-18H2,1-5H3,(H,35,37)/b10-8+,11-6-,22-7-/t19-,20-,21+,23+,24-,25+,27+,30+/m0/s1. The summed E-state index contributed by atoms with van der Waals surface area (Å²) < 4.78 is 69.8. The second kappa shape index (κ2) is 13.9. The van der Waals surface area contributed by atoms with Gasteiger partial charge in [0.1, 0.15) is 23.9 Å². The maximum absolute atomic E-state index is 13.9. The number of nitrogens with zero attached hydrogens (tertiary/aromatic N) is 1. The number of allylic oxidation sites excluding steroid dienone is 2. The first kappa shape index (κ1) is 34.4. The summed E-state index contributed by atoms with van der Waals surface area (Å²) in [4.78, 5) is 26.3. The highest BCUT2D eigenvalue weighted by molar-refractivity contribution is 5.87. The van der Waals surface area contributed by atoms with Gasteiger partial charge in [0.25, 0.3) is 0 Å². The summed E-state index contributed by atoms with van der Waals surface area (Å²) in [6, 6.07) is -0.346. The van der Waals surface area contributed by atoms with Crippen molar-refractivity contribution in [3.05, 3.63) is 36.0 Å². The monoisotopic (exact) mass is 630 g/mol. The number of nitrogens with one attached hydrogen (secondary N) is 1. The van der Waals surface area contributed by atoms with Gasteiger partial charge in [-0.2, -0.15) is 13.2 Å². The Morgan fingerprint density at radius 1 is 1.18 bits per heavy atom. The van der Waals surface area contributed by atoms with E-state index >= 15 is 0 Å². The average molecular weight is 631 g/mol. The largest absolute Gasteiger partial charge is 0.442 e. The van der Waals surface area contributed by atoms with Crippen molar-refractivity contribution < 1.29 is 51.6 Å². The molecular weight excluding hydrogens is 585 g/mol. The van der Waals surface area contributed by atoms with Crippen molar-refractivity contribution in [2.75, 3.05) is 32.9 Å². The molecule has 4 aliphatic rings. The Hall–Kier alpha value is -2.45. The molecule has 13 heteroatoms. The molecule has 0 aliphatic carbocycles. The second-order valence-electron chi connectivity index (χ2n) is 12.8. The molecule has 248 valence electrons. The van der Waals surface area contributed by atoms with Gasteiger partial charge >= 0.3 is 12.3 Å². The van der Waals surface area contributed by atoms with Gasteiger partial charge < -0.3 is 39.0 Å². The van der Waals surface area contributed by atoms with Gasteiger partial charge in [0, 0.05) is 25.6 Å². The molecule has 4 saturated heterocycles. The minimum absolute atomic E-state index is 0.0178. The third-order valence-electron chi connectivity index (χ3n) is 8.53. The van der Waals surface area contributed by atoms with Crippen molar-refractivity contribution in [2.24, 2.45) is 5.92 Å². The number of halogens is 3.